The molecule has 1 unspecified atom stereocenters. The maximum Gasteiger partial charge on any atom is 0.388 e. The summed E-state index contributed by atoms with van der Waals surface area (Å²) < 4.78 is 0. The van der Waals surface area contributed by atoms with Gasteiger partial charge in [0.2, 0.25) is 11.8 Å². The number of aromatic hydroxyl groups is 1. The van der Waals surface area contributed by atoms with E-state index in [0.717, 1.165) is 37.8 Å². The lowest BCUT2D eigenvalue weighted by atomic mass is 10.0. The number of nitrogens with two attached hydrogens (primary N) is 1. The first-order valence-corrected chi connectivity index (χ1v) is 17.2. The van der Waals surface area contributed by atoms with Gasteiger partial charge < -0.3 is 36.4 Å². The van der Waals surface area contributed by atoms with Gasteiger partial charge in [-0.3, -0.25) is 14.4 Å². The average molecular weight is 684 g/mol. The highest BCUT2D eigenvalue weighted by Gasteiger charge is 2.41. The normalized spacial score (nSPS) is 17.8. The van der Waals surface area contributed by atoms with Crippen molar-refractivity contribution in [3.05, 3.63) is 59.7 Å². The van der Waals surface area contributed by atoms with Gasteiger partial charge in [0.15, 0.2) is 11.9 Å². The number of benzene rings is 2. The van der Waals surface area contributed by atoms with Gasteiger partial charge in [-0.05, 0) is 62.4 Å². The number of phenols is 1. The summed E-state index contributed by atoms with van der Waals surface area (Å²) in [6.07, 6.45) is 5.89. The number of para-hydroxylation sites is 1. The van der Waals surface area contributed by atoms with Crippen LogP contribution in [-0.2, 0) is 20.9 Å². The number of aliphatic hydroxyl groups is 1. The summed E-state index contributed by atoms with van der Waals surface area (Å²) in [5, 5.41) is 34.8. The highest BCUT2D eigenvalue weighted by atomic mass is 16.3. The maximum atomic E-state index is 13.1. The average Bonchev–Trinajstić information content (AvgIpc) is 3.44. The summed E-state index contributed by atoms with van der Waals surface area (Å²) in [4.78, 5) is 56.1. The second-order valence-electron chi connectivity index (χ2n) is 13.1. The molecule has 0 saturated carbocycles. The minimum atomic E-state index is -0.603. The van der Waals surface area contributed by atoms with E-state index < -0.39 is 6.04 Å². The van der Waals surface area contributed by atoms with Gasteiger partial charge in [-0.2, -0.15) is 0 Å². The number of rotatable bonds is 12. The van der Waals surface area contributed by atoms with Gasteiger partial charge in [-0.25, -0.2) is 4.79 Å². The van der Waals surface area contributed by atoms with Gasteiger partial charge in [0.1, 0.15) is 5.75 Å². The quantitative estimate of drug-likeness (QED) is 0.154. The summed E-state index contributed by atoms with van der Waals surface area (Å²) in [5.41, 5.74) is 9.79. The molecular formula is C36H43N8O6+. The first-order valence-electron chi connectivity index (χ1n) is 17.2. The minimum absolute atomic E-state index is 0.0242. The number of amides is 4. The molecule has 4 heterocycles. The van der Waals surface area contributed by atoms with Crippen LogP contribution in [0.1, 0.15) is 80.1 Å². The molecule has 0 bridgehead atoms. The molecule has 1 atom stereocenters. The van der Waals surface area contributed by atoms with E-state index in [0.29, 0.717) is 72.7 Å². The highest BCUT2D eigenvalue weighted by Crippen LogP contribution is 2.33. The second-order valence-corrected chi connectivity index (χ2v) is 13.1. The predicted octanol–water partition coefficient (Wildman–Crippen LogP) is 2.18. The van der Waals surface area contributed by atoms with Crippen LogP contribution < -0.4 is 26.3 Å². The van der Waals surface area contributed by atoms with Crippen LogP contribution in [0.3, 0.4) is 0 Å². The van der Waals surface area contributed by atoms with Crippen molar-refractivity contribution in [1.82, 2.24) is 20.4 Å². The lowest BCUT2D eigenvalue weighted by molar-refractivity contribution is -0.394. The zero-order valence-corrected chi connectivity index (χ0v) is 27.9. The van der Waals surface area contributed by atoms with E-state index in [1.165, 1.54) is 4.90 Å². The van der Waals surface area contributed by atoms with Crippen molar-refractivity contribution in [3.8, 4) is 17.0 Å². The molecule has 1 saturated heterocycles. The molecule has 0 radical (unpaired) electrons. The van der Waals surface area contributed by atoms with Crippen LogP contribution in [0, 0.1) is 0 Å². The largest absolute Gasteiger partial charge is 0.507 e. The van der Waals surface area contributed by atoms with Crippen molar-refractivity contribution in [1.29, 1.82) is 0 Å². The first-order chi connectivity index (χ1) is 24.2. The van der Waals surface area contributed by atoms with Crippen LogP contribution in [0.5, 0.6) is 5.75 Å². The number of anilines is 3. The van der Waals surface area contributed by atoms with Crippen LogP contribution in [0.4, 0.5) is 17.2 Å². The number of hydrogen-bond donors (Lipinski definition) is 6. The second kappa shape index (κ2) is 15.3. The van der Waals surface area contributed by atoms with Crippen LogP contribution in [-0.4, -0.2) is 80.0 Å². The summed E-state index contributed by atoms with van der Waals surface area (Å²) in [7, 11) is 0. The Morgan fingerprint density at radius 3 is 2.36 bits per heavy atom. The summed E-state index contributed by atoms with van der Waals surface area (Å²) >= 11 is 0. The van der Waals surface area contributed by atoms with Crippen molar-refractivity contribution in [3.63, 3.8) is 0 Å². The number of fused-ring (bicyclic) bond motifs is 1. The number of carbonyl (C=O) groups excluding carboxylic acids is 4. The maximum absolute atomic E-state index is 13.1. The topological polar surface area (TPSA) is 205 Å². The fraction of sp³-hybridized carbons (Fsp3) is 0.417. The number of aliphatic hydroxyl groups excluding tert-OH is 1. The zero-order chi connectivity index (χ0) is 35.2. The lowest BCUT2D eigenvalue weighted by Crippen LogP contribution is -2.82. The molecule has 1 aromatic heterocycles. The number of unbranched alkanes of at least 4 members (excludes halogenated alkanes) is 3. The number of nitrogen functional groups attached to an aromatic ring is 1. The molecule has 3 aromatic rings. The molecule has 3 aliphatic heterocycles. The van der Waals surface area contributed by atoms with Crippen LogP contribution in [0.15, 0.2) is 48.5 Å². The van der Waals surface area contributed by atoms with E-state index in [2.05, 4.69) is 30.7 Å². The van der Waals surface area contributed by atoms with E-state index in [1.807, 2.05) is 12.1 Å². The van der Waals surface area contributed by atoms with Crippen LogP contribution >= 0.6 is 0 Å². The lowest BCUT2D eigenvalue weighted by Gasteiger charge is -2.34. The number of piperidine rings is 1. The molecule has 0 spiro atoms. The number of phenolic OH excluding ortho intramolecular Hbond substituents is 1. The van der Waals surface area contributed by atoms with Crippen LogP contribution in [0.2, 0.25) is 0 Å². The van der Waals surface area contributed by atoms with E-state index in [9.17, 15) is 29.4 Å². The van der Waals surface area contributed by atoms with Crippen molar-refractivity contribution in [2.24, 2.45) is 0 Å². The van der Waals surface area contributed by atoms with Crippen molar-refractivity contribution < 1.29 is 34.4 Å². The van der Waals surface area contributed by atoms with E-state index in [-0.39, 0.29) is 54.3 Å². The molecule has 14 nitrogen and oxygen atoms in total. The van der Waals surface area contributed by atoms with Crippen molar-refractivity contribution in [2.45, 2.75) is 82.8 Å². The van der Waals surface area contributed by atoms with Gasteiger partial charge in [-0.1, -0.05) is 31.0 Å². The van der Waals surface area contributed by atoms with Gasteiger partial charge in [-0.15, -0.1) is 15.2 Å². The predicted molar refractivity (Wildman–Crippen MR) is 186 cm³/mol. The fourth-order valence-corrected chi connectivity index (χ4v) is 6.89. The molecule has 262 valence electrons. The third kappa shape index (κ3) is 7.85. The Morgan fingerprint density at radius 2 is 1.62 bits per heavy atom. The Hall–Kier alpha value is -5.53. The molecule has 4 amide bonds. The molecule has 14 heteroatoms. The number of carbonyl (C=O) groups is 4. The van der Waals surface area contributed by atoms with Gasteiger partial charge >= 0.3 is 11.8 Å². The smallest absolute Gasteiger partial charge is 0.388 e. The van der Waals surface area contributed by atoms with E-state index in [4.69, 9.17) is 5.73 Å². The third-order valence-electron chi connectivity index (χ3n) is 9.61. The van der Waals surface area contributed by atoms with E-state index >= 15 is 0 Å². The highest BCUT2D eigenvalue weighted by molar-refractivity contribution is 6.04. The molecule has 7 N–H and O–H groups in total. The molecular weight excluding hydrogens is 640 g/mol. The summed E-state index contributed by atoms with van der Waals surface area (Å²) in [5.74, 6) is -0.420. The van der Waals surface area contributed by atoms with Gasteiger partial charge in [0.05, 0.1) is 17.8 Å². The van der Waals surface area contributed by atoms with Crippen LogP contribution in [0.25, 0.3) is 11.3 Å². The molecule has 50 heavy (non-hydrogen) atoms. The molecule has 1 fully saturated rings. The number of hydrogen-bond acceptors (Lipinski definition) is 9. The number of nitrogens with zero attached hydrogens (tertiary/aromatic N) is 4. The Balaban J connectivity index is 0.880. The number of aromatic nitrogens is 2. The Morgan fingerprint density at radius 1 is 0.900 bits per heavy atom. The zero-order valence-electron chi connectivity index (χ0n) is 27.9. The standard InChI is InChI=1S/C36H42N8O6/c37-34-29(20-27(41-42-34)24-8-5-6-11-30(24)45)43-18-16-22(17-19-43)38-31(46)12-3-1-2-4-13-32(47)39-26-10-7-9-23-25(26)21-44(36(23)50)28-14-15-33(48)40-35(28)49/h5-11,20,22,28,45H,1-4,12-19,21H2,(H2,37,42)(H,38,46)(H,39,47)(H,40,48,49)/p+1. The van der Waals surface area contributed by atoms with Gasteiger partial charge in [0.25, 0.3) is 5.91 Å². The summed E-state index contributed by atoms with van der Waals surface area (Å²) in [6, 6.07) is 13.5. The molecule has 0 aliphatic carbocycles. The van der Waals surface area contributed by atoms with Crippen molar-refractivity contribution in [2.75, 3.05) is 29.0 Å². The third-order valence-corrected chi connectivity index (χ3v) is 9.61. The SMILES string of the molecule is Nc1nnc(-c2ccccc2O)cc1N1CCC(NC(=O)CCCCCCC(=O)Nc2cccc3c2CN(C2CCC(=O)[NH+]=C2O)C3=O)CC1. The monoisotopic (exact) mass is 683 g/mol. The fourth-order valence-electron chi connectivity index (χ4n) is 6.89. The molecule has 6 rings (SSSR count). The Labute approximate surface area is 289 Å². The minimum Gasteiger partial charge on any atom is -0.507 e. The molecule has 3 aliphatic rings. The number of nitrogens with one attached hydrogen (secondary N) is 3. The van der Waals surface area contributed by atoms with Gasteiger partial charge in [0, 0.05) is 60.9 Å². The Bertz CT molecular complexity index is 1800. The van der Waals surface area contributed by atoms with E-state index in [1.54, 1.807) is 36.4 Å². The molecule has 2 aromatic carbocycles. The van der Waals surface area contributed by atoms with Crippen molar-refractivity contribution >= 4 is 46.7 Å². The Kier molecular flexibility index (Phi) is 10.5. The first kappa shape index (κ1) is 34.3. The summed E-state index contributed by atoms with van der Waals surface area (Å²) in [6.45, 7) is 1.63.